The van der Waals surface area contributed by atoms with Crippen LogP contribution in [-0.4, -0.2) is 21.3 Å². The van der Waals surface area contributed by atoms with Crippen molar-refractivity contribution < 1.29 is 30.6 Å². The zero-order chi connectivity index (χ0) is 12.6. The van der Waals surface area contributed by atoms with Crippen LogP contribution in [0.2, 0.25) is 0 Å². The van der Waals surface area contributed by atoms with E-state index < -0.39 is 0 Å². The summed E-state index contributed by atoms with van der Waals surface area (Å²) in [6, 6.07) is 3.79. The van der Waals surface area contributed by atoms with Crippen LogP contribution in [0, 0.1) is 6.92 Å². The molecule has 0 aliphatic rings. The van der Waals surface area contributed by atoms with E-state index in [9.17, 15) is 0 Å². The molecule has 0 N–H and O–H groups in total. The molecule has 1 aromatic carbocycles. The molecule has 0 saturated carbocycles. The summed E-state index contributed by atoms with van der Waals surface area (Å²) >= 11 is 4.25. The van der Waals surface area contributed by atoms with Gasteiger partial charge in [-0.1, -0.05) is 5.56 Å². The molecule has 0 aliphatic carbocycles. The van der Waals surface area contributed by atoms with Crippen LogP contribution < -0.4 is 14.2 Å². The van der Waals surface area contributed by atoms with Crippen molar-refractivity contribution in [3.63, 3.8) is 0 Å². The van der Waals surface area contributed by atoms with Gasteiger partial charge in [-0.25, -0.2) is 0 Å². The third kappa shape index (κ3) is 3.95. The second kappa shape index (κ2) is 8.83. The molecule has 0 aliphatic heterocycles. The Kier molecular flexibility index (Phi) is 8.67. The van der Waals surface area contributed by atoms with E-state index in [1.54, 1.807) is 21.3 Å². The van der Waals surface area contributed by atoms with Gasteiger partial charge >= 0.3 is 30.0 Å². The summed E-state index contributed by atoms with van der Waals surface area (Å²) in [4.78, 5) is 0. The van der Waals surface area contributed by atoms with Crippen molar-refractivity contribution in [2.45, 2.75) is 6.42 Å². The molecule has 1 rings (SSSR count). The Morgan fingerprint density at radius 3 is 1.75 bits per heavy atom. The minimum absolute atomic E-state index is 0.618. The predicted molar refractivity (Wildman–Crippen MR) is 64.1 cm³/mol. The van der Waals surface area contributed by atoms with Gasteiger partial charge in [-0.3, -0.25) is 0 Å². The third-order valence-corrected chi connectivity index (χ3v) is 2.01. The van der Waals surface area contributed by atoms with Crippen LogP contribution in [0.5, 0.6) is 17.2 Å². The Balaban J connectivity index is 0.00000106. The van der Waals surface area contributed by atoms with E-state index in [-0.39, 0.29) is 0 Å². The minimum atomic E-state index is 0.618. The molecule has 86 valence electrons. The van der Waals surface area contributed by atoms with Crippen molar-refractivity contribution in [1.82, 2.24) is 0 Å². The number of halogens is 1. The number of methoxy groups -OCH3 is 3. The van der Waals surface area contributed by atoms with Crippen LogP contribution in [0.4, 0.5) is 0 Å². The first-order valence-corrected chi connectivity index (χ1v) is 11.6. The first kappa shape index (κ1) is 15.7. The topological polar surface area (TPSA) is 27.7 Å². The van der Waals surface area contributed by atoms with E-state index in [2.05, 4.69) is 20.5 Å². The maximum atomic E-state index is 5.19. The van der Waals surface area contributed by atoms with E-state index in [0.717, 1.165) is 5.56 Å². The van der Waals surface area contributed by atoms with Gasteiger partial charge in [-0.05, 0) is 12.1 Å². The number of ether oxygens (including phenoxy) is 3. The maximum absolute atomic E-state index is 5.19. The first-order valence-electron chi connectivity index (χ1n) is 4.61. The Hall–Kier alpha value is -0.277. The number of hydrogen-bond donors (Lipinski definition) is 0. The Bertz CT molecular complexity index is 293. The number of hydrogen-bond acceptors (Lipinski definition) is 3. The van der Waals surface area contributed by atoms with Crippen molar-refractivity contribution in [3.05, 3.63) is 24.6 Å². The molecule has 3 nitrogen and oxygen atoms in total. The summed E-state index contributed by atoms with van der Waals surface area (Å²) in [5.74, 6) is 1.96. The average molecular weight is 341 g/mol. The first-order chi connectivity index (χ1) is 7.76. The molecule has 16 heavy (non-hydrogen) atoms. The molecule has 0 spiro atoms. The molecule has 0 heterocycles. The SMILES string of the molecule is [CH2-]Cc1cc(OC)c(OC)c(OC)c1.[Zn+][Br]. The van der Waals surface area contributed by atoms with E-state index in [4.69, 9.17) is 14.2 Å². The van der Waals surface area contributed by atoms with E-state index >= 15 is 0 Å². The second-order valence-corrected chi connectivity index (χ2v) is 2.78. The van der Waals surface area contributed by atoms with Crippen molar-refractivity contribution in [1.29, 1.82) is 0 Å². The van der Waals surface area contributed by atoms with E-state index in [1.165, 1.54) is 16.3 Å². The van der Waals surface area contributed by atoms with Crippen LogP contribution in [0.25, 0.3) is 0 Å². The van der Waals surface area contributed by atoms with Gasteiger partial charge in [-0.15, -0.1) is 0 Å². The predicted octanol–water partition coefficient (Wildman–Crippen LogP) is 2.93. The van der Waals surface area contributed by atoms with Gasteiger partial charge in [0.15, 0.2) is 11.5 Å². The molecule has 0 radical (unpaired) electrons. The Morgan fingerprint density at radius 2 is 1.50 bits per heavy atom. The summed E-state index contributed by atoms with van der Waals surface area (Å²) in [5, 5.41) is 0. The van der Waals surface area contributed by atoms with Gasteiger partial charge in [0, 0.05) is 0 Å². The zero-order valence-corrected chi connectivity index (χ0v) is 14.4. The third-order valence-electron chi connectivity index (χ3n) is 2.01. The fourth-order valence-corrected chi connectivity index (χ4v) is 1.28. The fraction of sp³-hybridized carbons (Fsp3) is 0.364. The van der Waals surface area contributed by atoms with Gasteiger partial charge in [0.25, 0.3) is 0 Å². The molecule has 0 atom stereocenters. The second-order valence-electron chi connectivity index (χ2n) is 2.78. The fourth-order valence-electron chi connectivity index (χ4n) is 1.28. The average Bonchev–Trinajstić information content (AvgIpc) is 2.39. The van der Waals surface area contributed by atoms with Crippen molar-refractivity contribution in [3.8, 4) is 17.2 Å². The van der Waals surface area contributed by atoms with Crippen molar-refractivity contribution >= 4 is 13.6 Å². The molecule has 0 bridgehead atoms. The normalized spacial score (nSPS) is 8.94. The van der Waals surface area contributed by atoms with E-state index in [0.29, 0.717) is 23.7 Å². The molecule has 0 fully saturated rings. The molecular weight excluding hydrogens is 325 g/mol. The van der Waals surface area contributed by atoms with Crippen LogP contribution >= 0.6 is 13.6 Å². The standard InChI is InChI=1S/C11H15O3.BrH.Zn/c1-5-8-6-9(12-2)11(14-4)10(7-8)13-3;;/h6-7H,1,5H2,2-4H3;1H;/q-1;;+2/p-1. The van der Waals surface area contributed by atoms with Crippen molar-refractivity contribution in [2.24, 2.45) is 0 Å². The summed E-state index contributed by atoms with van der Waals surface area (Å²) in [5.41, 5.74) is 1.06. The van der Waals surface area contributed by atoms with Gasteiger partial charge in [0.1, 0.15) is 0 Å². The summed E-state index contributed by atoms with van der Waals surface area (Å²) < 4.78 is 15.6. The molecule has 0 unspecified atom stereocenters. The van der Waals surface area contributed by atoms with Crippen LogP contribution in [0.1, 0.15) is 5.56 Å². The molecule has 0 aromatic heterocycles. The Morgan fingerprint density at radius 1 is 1.06 bits per heavy atom. The van der Waals surface area contributed by atoms with Crippen LogP contribution in [0.15, 0.2) is 12.1 Å². The quantitative estimate of drug-likeness (QED) is 0.623. The Labute approximate surface area is 113 Å². The van der Waals surface area contributed by atoms with Crippen LogP contribution in [0.3, 0.4) is 0 Å². The summed E-state index contributed by atoms with van der Waals surface area (Å²) in [6.45, 7) is 3.81. The number of rotatable bonds is 4. The molecule has 5 heteroatoms. The van der Waals surface area contributed by atoms with Gasteiger partial charge in [0.2, 0.25) is 5.75 Å². The molecular formula is C11H15BrO3Zn. The molecule has 1 aromatic rings. The zero-order valence-electron chi connectivity index (χ0n) is 9.88. The van der Waals surface area contributed by atoms with Crippen molar-refractivity contribution in [2.75, 3.05) is 21.3 Å². The van der Waals surface area contributed by atoms with Gasteiger partial charge in [0.05, 0.1) is 21.3 Å². The summed E-state index contributed by atoms with van der Waals surface area (Å²) in [7, 11) is 4.79. The van der Waals surface area contributed by atoms with E-state index in [1.807, 2.05) is 12.1 Å². The van der Waals surface area contributed by atoms with Gasteiger partial charge < -0.3 is 21.1 Å². The summed E-state index contributed by atoms with van der Waals surface area (Å²) in [6.07, 6.45) is 0.691. The molecule has 0 saturated heterocycles. The van der Waals surface area contributed by atoms with Gasteiger partial charge in [-0.2, -0.15) is 6.42 Å². The number of benzene rings is 1. The molecule has 0 amide bonds. The van der Waals surface area contributed by atoms with Crippen LogP contribution in [-0.2, 0) is 22.8 Å². The monoisotopic (exact) mass is 338 g/mol.